The molecular weight excluding hydrogens is 232 g/mol. The first kappa shape index (κ1) is 11.1. The number of hydrogen-bond acceptors (Lipinski definition) is 4. The molecule has 18 heavy (non-hydrogen) atoms. The van der Waals surface area contributed by atoms with Gasteiger partial charge in [0.05, 0.1) is 11.9 Å². The van der Waals surface area contributed by atoms with Crippen LogP contribution in [0.4, 0.5) is 0 Å². The van der Waals surface area contributed by atoms with Gasteiger partial charge in [0, 0.05) is 5.56 Å². The number of fused-ring (bicyclic) bond motifs is 1. The fourth-order valence-electron chi connectivity index (χ4n) is 1.84. The average Bonchev–Trinajstić information content (AvgIpc) is 2.96. The topological polar surface area (TPSA) is 67.4 Å². The lowest BCUT2D eigenvalue weighted by molar-refractivity contribution is 0.0697. The summed E-state index contributed by atoms with van der Waals surface area (Å²) in [5.74, 6) is 2.02. The van der Waals surface area contributed by atoms with E-state index in [1.807, 2.05) is 18.2 Å². The highest BCUT2D eigenvalue weighted by Crippen LogP contribution is 2.35. The van der Waals surface area contributed by atoms with Crippen molar-refractivity contribution >= 4 is 0 Å². The summed E-state index contributed by atoms with van der Waals surface area (Å²) in [5, 5.41) is 9.87. The highest BCUT2D eigenvalue weighted by molar-refractivity contribution is 5.64. The monoisotopic (exact) mass is 246 g/mol. The average molecular weight is 246 g/mol. The Morgan fingerprint density at radius 3 is 2.78 bits per heavy atom. The lowest BCUT2D eigenvalue weighted by Gasteiger charge is -2.12. The second-order valence-corrected chi connectivity index (χ2v) is 4.77. The van der Waals surface area contributed by atoms with Crippen molar-refractivity contribution < 1.29 is 14.6 Å². The predicted octanol–water partition coefficient (Wildman–Crippen LogP) is 2.03. The number of imidazole rings is 1. The third-order valence-electron chi connectivity index (χ3n) is 2.84. The van der Waals surface area contributed by atoms with Gasteiger partial charge in [-0.05, 0) is 32.0 Å². The fourth-order valence-corrected chi connectivity index (χ4v) is 1.84. The molecule has 0 spiro atoms. The predicted molar refractivity (Wildman–Crippen MR) is 65.4 cm³/mol. The molecule has 0 saturated carbocycles. The summed E-state index contributed by atoms with van der Waals surface area (Å²) in [5.41, 5.74) is 0.807. The van der Waals surface area contributed by atoms with Crippen LogP contribution >= 0.6 is 0 Å². The van der Waals surface area contributed by atoms with Crippen LogP contribution in [0.25, 0.3) is 11.3 Å². The fraction of sp³-hybridized carbons (Fsp3) is 0.308. The molecule has 0 bridgehead atoms. The molecule has 94 valence electrons. The highest BCUT2D eigenvalue weighted by Gasteiger charge is 2.21. The second-order valence-electron chi connectivity index (χ2n) is 4.77. The second kappa shape index (κ2) is 3.74. The molecule has 0 saturated heterocycles. The molecule has 0 atom stereocenters. The normalized spacial score (nSPS) is 13.9. The van der Waals surface area contributed by atoms with Gasteiger partial charge in [0.2, 0.25) is 6.79 Å². The Balaban J connectivity index is 1.98. The first-order chi connectivity index (χ1) is 8.54. The lowest BCUT2D eigenvalue weighted by atomic mass is 10.1. The number of nitrogens with one attached hydrogen (secondary N) is 1. The Bertz CT molecular complexity index is 584. The van der Waals surface area contributed by atoms with Crippen LogP contribution in [0.15, 0.2) is 24.4 Å². The standard InChI is InChI=1S/C13H14N2O3/c1-13(2,16)12-14-6-9(15-12)8-3-4-10-11(5-8)18-7-17-10/h3-6,16H,7H2,1-2H3,(H,14,15). The molecule has 1 aliphatic heterocycles. The van der Waals surface area contributed by atoms with E-state index in [9.17, 15) is 5.11 Å². The number of aliphatic hydroxyl groups is 1. The Morgan fingerprint density at radius 1 is 1.28 bits per heavy atom. The zero-order chi connectivity index (χ0) is 12.8. The number of hydrogen-bond donors (Lipinski definition) is 2. The molecule has 0 radical (unpaired) electrons. The van der Waals surface area contributed by atoms with Crippen LogP contribution in [0, 0.1) is 0 Å². The molecule has 1 aromatic carbocycles. The maximum Gasteiger partial charge on any atom is 0.231 e. The van der Waals surface area contributed by atoms with Gasteiger partial charge >= 0.3 is 0 Å². The van der Waals surface area contributed by atoms with E-state index in [-0.39, 0.29) is 6.79 Å². The summed E-state index contributed by atoms with van der Waals surface area (Å²) in [6, 6.07) is 5.68. The largest absolute Gasteiger partial charge is 0.454 e. The van der Waals surface area contributed by atoms with Crippen LogP contribution in [0.2, 0.25) is 0 Å². The molecule has 0 amide bonds. The van der Waals surface area contributed by atoms with E-state index >= 15 is 0 Å². The van der Waals surface area contributed by atoms with Gasteiger partial charge in [-0.3, -0.25) is 0 Å². The Labute approximate surface area is 104 Å². The quantitative estimate of drug-likeness (QED) is 0.850. The molecule has 5 heteroatoms. The van der Waals surface area contributed by atoms with Crippen molar-refractivity contribution in [2.45, 2.75) is 19.4 Å². The van der Waals surface area contributed by atoms with E-state index in [0.717, 1.165) is 22.8 Å². The van der Waals surface area contributed by atoms with Gasteiger partial charge in [-0.25, -0.2) is 4.98 Å². The number of H-pyrrole nitrogens is 1. The van der Waals surface area contributed by atoms with Gasteiger partial charge in [-0.2, -0.15) is 0 Å². The van der Waals surface area contributed by atoms with Gasteiger partial charge < -0.3 is 19.6 Å². The van der Waals surface area contributed by atoms with Crippen LogP contribution in [0.1, 0.15) is 19.7 Å². The van der Waals surface area contributed by atoms with Gasteiger partial charge in [0.25, 0.3) is 0 Å². The molecule has 2 aromatic rings. The van der Waals surface area contributed by atoms with E-state index < -0.39 is 5.60 Å². The third kappa shape index (κ3) is 1.82. The van der Waals surface area contributed by atoms with Crippen molar-refractivity contribution in [3.05, 3.63) is 30.2 Å². The van der Waals surface area contributed by atoms with E-state index in [2.05, 4.69) is 9.97 Å². The van der Waals surface area contributed by atoms with Crippen molar-refractivity contribution in [2.24, 2.45) is 0 Å². The molecule has 2 heterocycles. The van der Waals surface area contributed by atoms with E-state index in [0.29, 0.717) is 5.82 Å². The Hall–Kier alpha value is -2.01. The van der Waals surface area contributed by atoms with Crippen LogP contribution < -0.4 is 9.47 Å². The number of ether oxygens (including phenoxy) is 2. The van der Waals surface area contributed by atoms with Crippen LogP contribution in [0.3, 0.4) is 0 Å². The van der Waals surface area contributed by atoms with E-state index in [1.165, 1.54) is 0 Å². The number of benzene rings is 1. The molecule has 3 rings (SSSR count). The van der Waals surface area contributed by atoms with Crippen molar-refractivity contribution in [3.63, 3.8) is 0 Å². The summed E-state index contributed by atoms with van der Waals surface area (Å²) in [4.78, 5) is 7.28. The number of aromatic amines is 1. The van der Waals surface area contributed by atoms with Gasteiger partial charge in [-0.15, -0.1) is 0 Å². The number of aromatic nitrogens is 2. The number of nitrogens with zero attached hydrogens (tertiary/aromatic N) is 1. The van der Waals surface area contributed by atoms with Crippen molar-refractivity contribution in [3.8, 4) is 22.8 Å². The summed E-state index contributed by atoms with van der Waals surface area (Å²) in [7, 11) is 0. The molecule has 0 aliphatic carbocycles. The first-order valence-corrected chi connectivity index (χ1v) is 5.72. The molecule has 5 nitrogen and oxygen atoms in total. The molecule has 0 fully saturated rings. The van der Waals surface area contributed by atoms with Gasteiger partial charge in [-0.1, -0.05) is 0 Å². The SMILES string of the molecule is CC(C)(O)c1ncc(-c2ccc3c(c2)OCO3)[nH]1. The minimum absolute atomic E-state index is 0.261. The maximum absolute atomic E-state index is 9.87. The molecular formula is C13H14N2O3. The summed E-state index contributed by atoms with van der Waals surface area (Å²) in [6.45, 7) is 3.64. The lowest BCUT2D eigenvalue weighted by Crippen LogP contribution is -2.17. The third-order valence-corrected chi connectivity index (χ3v) is 2.84. The minimum Gasteiger partial charge on any atom is -0.454 e. The van der Waals surface area contributed by atoms with Gasteiger partial charge in [0.15, 0.2) is 11.5 Å². The molecule has 0 unspecified atom stereocenters. The molecule has 1 aromatic heterocycles. The van der Waals surface area contributed by atoms with Gasteiger partial charge in [0.1, 0.15) is 11.4 Å². The minimum atomic E-state index is -0.978. The number of rotatable bonds is 2. The Kier molecular flexibility index (Phi) is 2.31. The zero-order valence-electron chi connectivity index (χ0n) is 10.2. The highest BCUT2D eigenvalue weighted by atomic mass is 16.7. The van der Waals surface area contributed by atoms with E-state index in [4.69, 9.17) is 9.47 Å². The maximum atomic E-state index is 9.87. The van der Waals surface area contributed by atoms with Crippen LogP contribution in [0.5, 0.6) is 11.5 Å². The van der Waals surface area contributed by atoms with E-state index in [1.54, 1.807) is 20.0 Å². The van der Waals surface area contributed by atoms with Crippen LogP contribution in [-0.4, -0.2) is 21.9 Å². The zero-order valence-corrected chi connectivity index (χ0v) is 10.2. The van der Waals surface area contributed by atoms with Crippen molar-refractivity contribution in [2.75, 3.05) is 6.79 Å². The van der Waals surface area contributed by atoms with Crippen LogP contribution in [-0.2, 0) is 5.60 Å². The van der Waals surface area contributed by atoms with Crippen molar-refractivity contribution in [1.29, 1.82) is 0 Å². The Morgan fingerprint density at radius 2 is 2.06 bits per heavy atom. The smallest absolute Gasteiger partial charge is 0.231 e. The summed E-state index contributed by atoms with van der Waals surface area (Å²) >= 11 is 0. The summed E-state index contributed by atoms with van der Waals surface area (Å²) < 4.78 is 10.6. The van der Waals surface area contributed by atoms with Crippen molar-refractivity contribution in [1.82, 2.24) is 9.97 Å². The first-order valence-electron chi connectivity index (χ1n) is 5.72. The molecule has 1 aliphatic rings. The molecule has 2 N–H and O–H groups in total. The summed E-state index contributed by atoms with van der Waals surface area (Å²) in [6.07, 6.45) is 1.70.